The Kier molecular flexibility index (Phi) is 8.33. The molecule has 2 aromatic carbocycles. The van der Waals surface area contributed by atoms with Crippen LogP contribution in [0.25, 0.3) is 22.4 Å². The molecule has 0 radical (unpaired) electrons. The standard InChI is InChI=1S/C31H31Cl2NOS2/c1-31(2,35)25-9-4-3-7-22(25)13-16-26(36-19-21-10-11-21)23-8-5-6-20(18-23)12-14-24-15-17-27-29(34-24)28(32)30(33)37-27/h3-9,12,14-15,17-18,21,26,35H,10-11,13,16,19H2,1-2H3/t26-/m1/s1. The highest BCUT2D eigenvalue weighted by atomic mass is 35.5. The second kappa shape index (κ2) is 11.5. The van der Waals surface area contributed by atoms with Crippen LogP contribution in [0.1, 0.15) is 66.3 Å². The number of aryl methyl sites for hydroxylation is 1. The maximum absolute atomic E-state index is 10.7. The average Bonchev–Trinajstić information content (AvgIpc) is 3.67. The normalized spacial score (nSPS) is 15.1. The number of hydrogen-bond acceptors (Lipinski definition) is 4. The van der Waals surface area contributed by atoms with E-state index in [0.29, 0.717) is 14.6 Å². The van der Waals surface area contributed by atoms with Crippen LogP contribution in [-0.2, 0) is 12.0 Å². The van der Waals surface area contributed by atoms with Crippen LogP contribution >= 0.6 is 46.3 Å². The van der Waals surface area contributed by atoms with Gasteiger partial charge in [-0.3, -0.25) is 0 Å². The molecule has 0 spiro atoms. The molecule has 37 heavy (non-hydrogen) atoms. The molecule has 5 rings (SSSR count). The van der Waals surface area contributed by atoms with Crippen molar-refractivity contribution in [2.75, 3.05) is 5.75 Å². The van der Waals surface area contributed by atoms with E-state index >= 15 is 0 Å². The van der Waals surface area contributed by atoms with Gasteiger partial charge in [0.2, 0.25) is 0 Å². The second-order valence-corrected chi connectivity index (χ2v) is 13.6. The molecule has 2 aromatic heterocycles. The molecule has 1 N–H and O–H groups in total. The molecular weight excluding hydrogens is 537 g/mol. The molecule has 2 heterocycles. The number of halogens is 2. The Hall–Kier alpha value is -1.82. The first-order chi connectivity index (χ1) is 17.8. The second-order valence-electron chi connectivity index (χ2n) is 10.3. The Morgan fingerprint density at radius 2 is 1.89 bits per heavy atom. The van der Waals surface area contributed by atoms with Gasteiger partial charge >= 0.3 is 0 Å². The first-order valence-electron chi connectivity index (χ1n) is 12.7. The van der Waals surface area contributed by atoms with E-state index in [1.165, 1.54) is 41.1 Å². The molecular formula is C31H31Cl2NOS2. The van der Waals surface area contributed by atoms with Gasteiger partial charge in [0.05, 0.1) is 21.0 Å². The summed E-state index contributed by atoms with van der Waals surface area (Å²) in [4.78, 5) is 4.70. The Balaban J connectivity index is 1.35. The highest BCUT2D eigenvalue weighted by Gasteiger charge is 2.25. The molecule has 0 unspecified atom stereocenters. The third kappa shape index (κ3) is 6.79. The third-order valence-corrected chi connectivity index (χ3v) is 10.3. The summed E-state index contributed by atoms with van der Waals surface area (Å²) in [5.74, 6) is 2.09. The maximum atomic E-state index is 10.7. The van der Waals surface area contributed by atoms with Crippen LogP contribution in [0.2, 0.25) is 9.36 Å². The molecule has 4 aromatic rings. The van der Waals surface area contributed by atoms with Crippen LogP contribution in [0.15, 0.2) is 60.7 Å². The van der Waals surface area contributed by atoms with Gasteiger partial charge in [-0.05, 0) is 91.7 Å². The summed E-state index contributed by atoms with van der Waals surface area (Å²) < 4.78 is 1.58. The third-order valence-electron chi connectivity index (χ3n) is 6.77. The summed E-state index contributed by atoms with van der Waals surface area (Å²) in [6, 6.07) is 21.2. The van der Waals surface area contributed by atoms with Gasteiger partial charge in [0.1, 0.15) is 9.85 Å². The molecule has 0 saturated heterocycles. The van der Waals surface area contributed by atoms with E-state index in [0.717, 1.165) is 45.8 Å². The number of nitrogens with zero attached hydrogens (tertiary/aromatic N) is 1. The highest BCUT2D eigenvalue weighted by Crippen LogP contribution is 2.41. The number of hydrogen-bond donors (Lipinski definition) is 1. The molecule has 0 aliphatic heterocycles. The molecule has 1 atom stereocenters. The Labute approximate surface area is 237 Å². The molecule has 2 nitrogen and oxygen atoms in total. The van der Waals surface area contributed by atoms with Crippen molar-refractivity contribution in [1.82, 2.24) is 4.98 Å². The van der Waals surface area contributed by atoms with Crippen molar-refractivity contribution in [2.45, 2.75) is 50.4 Å². The van der Waals surface area contributed by atoms with E-state index in [2.05, 4.69) is 60.3 Å². The Morgan fingerprint density at radius 1 is 1.08 bits per heavy atom. The summed E-state index contributed by atoms with van der Waals surface area (Å²) in [6.45, 7) is 3.74. The minimum atomic E-state index is -0.840. The van der Waals surface area contributed by atoms with Gasteiger partial charge in [0.15, 0.2) is 0 Å². The lowest BCUT2D eigenvalue weighted by Crippen LogP contribution is -2.18. The Morgan fingerprint density at radius 3 is 2.68 bits per heavy atom. The number of aliphatic hydroxyl groups is 1. The van der Waals surface area contributed by atoms with Gasteiger partial charge in [0.25, 0.3) is 0 Å². The number of aromatic nitrogens is 1. The zero-order valence-electron chi connectivity index (χ0n) is 21.1. The fourth-order valence-electron chi connectivity index (χ4n) is 4.58. The van der Waals surface area contributed by atoms with Gasteiger partial charge in [-0.1, -0.05) is 77.8 Å². The molecule has 0 bridgehead atoms. The zero-order chi connectivity index (χ0) is 26.0. The smallest absolute Gasteiger partial charge is 0.114 e. The predicted octanol–water partition coefficient (Wildman–Crippen LogP) is 9.82. The average molecular weight is 569 g/mol. The summed E-state index contributed by atoms with van der Waals surface area (Å²) in [5, 5.41) is 11.6. The summed E-state index contributed by atoms with van der Waals surface area (Å²) in [6.07, 6.45) is 8.85. The number of pyridine rings is 1. The largest absolute Gasteiger partial charge is 0.386 e. The summed E-state index contributed by atoms with van der Waals surface area (Å²) >= 11 is 16.0. The minimum absolute atomic E-state index is 0.407. The van der Waals surface area contributed by atoms with Crippen molar-refractivity contribution in [1.29, 1.82) is 0 Å². The number of thiophene rings is 1. The van der Waals surface area contributed by atoms with Crippen LogP contribution in [-0.4, -0.2) is 15.8 Å². The first-order valence-corrected chi connectivity index (χ1v) is 15.3. The van der Waals surface area contributed by atoms with Crippen LogP contribution in [0, 0.1) is 5.92 Å². The predicted molar refractivity (Wildman–Crippen MR) is 163 cm³/mol. The van der Waals surface area contributed by atoms with E-state index in [9.17, 15) is 5.11 Å². The quantitative estimate of drug-likeness (QED) is 0.207. The van der Waals surface area contributed by atoms with E-state index in [1.54, 1.807) is 0 Å². The fraction of sp³-hybridized carbons (Fsp3) is 0.323. The van der Waals surface area contributed by atoms with Gasteiger partial charge in [0, 0.05) is 5.25 Å². The van der Waals surface area contributed by atoms with E-state index < -0.39 is 5.60 Å². The van der Waals surface area contributed by atoms with Gasteiger partial charge in [-0.15, -0.1) is 11.3 Å². The lowest BCUT2D eigenvalue weighted by Gasteiger charge is -2.23. The van der Waals surface area contributed by atoms with E-state index in [4.69, 9.17) is 28.2 Å². The zero-order valence-corrected chi connectivity index (χ0v) is 24.2. The van der Waals surface area contributed by atoms with E-state index in [-0.39, 0.29) is 0 Å². The first kappa shape index (κ1) is 26.8. The summed E-state index contributed by atoms with van der Waals surface area (Å²) in [5.41, 5.74) is 5.54. The highest BCUT2D eigenvalue weighted by molar-refractivity contribution is 7.99. The molecule has 1 saturated carbocycles. The van der Waals surface area contributed by atoms with Gasteiger partial charge in [-0.2, -0.15) is 11.8 Å². The summed E-state index contributed by atoms with van der Waals surface area (Å²) in [7, 11) is 0. The van der Waals surface area contributed by atoms with Crippen molar-refractivity contribution < 1.29 is 5.11 Å². The Bertz CT molecular complexity index is 1420. The van der Waals surface area contributed by atoms with Crippen LogP contribution < -0.4 is 0 Å². The van der Waals surface area contributed by atoms with Crippen molar-refractivity contribution in [3.05, 3.63) is 98.0 Å². The number of benzene rings is 2. The topological polar surface area (TPSA) is 33.1 Å². The van der Waals surface area contributed by atoms with Gasteiger partial charge in [-0.25, -0.2) is 4.98 Å². The number of thioether (sulfide) groups is 1. The number of rotatable bonds is 10. The molecule has 1 fully saturated rings. The minimum Gasteiger partial charge on any atom is -0.386 e. The monoisotopic (exact) mass is 567 g/mol. The molecule has 1 aliphatic carbocycles. The van der Waals surface area contributed by atoms with Crippen LogP contribution in [0.4, 0.5) is 0 Å². The number of fused-ring (bicyclic) bond motifs is 1. The van der Waals surface area contributed by atoms with E-state index in [1.807, 2.05) is 38.1 Å². The fourth-order valence-corrected chi connectivity index (χ4v) is 7.45. The SMILES string of the molecule is CC(C)(O)c1ccccc1CC[C@@H](SCC1CC1)c1cccc(C=Cc2ccc3sc(Cl)c(Cl)c3n2)c1. The lowest BCUT2D eigenvalue weighted by molar-refractivity contribution is 0.0776. The molecule has 6 heteroatoms. The maximum Gasteiger partial charge on any atom is 0.114 e. The molecule has 0 amide bonds. The van der Waals surface area contributed by atoms with Crippen molar-refractivity contribution >= 4 is 68.7 Å². The van der Waals surface area contributed by atoms with Crippen LogP contribution in [0.5, 0.6) is 0 Å². The molecule has 192 valence electrons. The van der Waals surface area contributed by atoms with Crippen molar-refractivity contribution in [3.63, 3.8) is 0 Å². The molecule has 1 aliphatic rings. The lowest BCUT2D eigenvalue weighted by atomic mass is 9.90. The van der Waals surface area contributed by atoms with Gasteiger partial charge < -0.3 is 5.11 Å². The van der Waals surface area contributed by atoms with Crippen molar-refractivity contribution in [3.8, 4) is 0 Å². The van der Waals surface area contributed by atoms with Crippen molar-refractivity contribution in [2.24, 2.45) is 5.92 Å². The van der Waals surface area contributed by atoms with Crippen LogP contribution in [0.3, 0.4) is 0 Å².